The van der Waals surface area contributed by atoms with Crippen LogP contribution in [0.25, 0.3) is 0 Å². The van der Waals surface area contributed by atoms with Crippen molar-refractivity contribution in [3.8, 4) is 0 Å². The van der Waals surface area contributed by atoms with Gasteiger partial charge in [0.25, 0.3) is 0 Å². The van der Waals surface area contributed by atoms with Gasteiger partial charge in [-0.3, -0.25) is 9.78 Å². The first-order valence-corrected chi connectivity index (χ1v) is 7.46. The van der Waals surface area contributed by atoms with Crippen molar-refractivity contribution in [3.05, 3.63) is 64.4 Å². The second-order valence-electron chi connectivity index (χ2n) is 5.53. The van der Waals surface area contributed by atoms with E-state index < -0.39 is 0 Å². The highest BCUT2D eigenvalue weighted by molar-refractivity contribution is 6.30. The summed E-state index contributed by atoms with van der Waals surface area (Å²) in [7, 11) is 0. The van der Waals surface area contributed by atoms with Gasteiger partial charge >= 0.3 is 0 Å². The summed E-state index contributed by atoms with van der Waals surface area (Å²) in [6.07, 6.45) is 2.72. The first-order chi connectivity index (χ1) is 10.1. The highest BCUT2D eigenvalue weighted by Crippen LogP contribution is 2.47. The molecule has 1 fully saturated rings. The average Bonchev–Trinajstić information content (AvgIpc) is 3.28. The molecule has 3 nitrogen and oxygen atoms in total. The zero-order valence-corrected chi connectivity index (χ0v) is 12.6. The quantitative estimate of drug-likeness (QED) is 0.939. The molecular weight excluding hydrogens is 284 g/mol. The number of hydrogen-bond donors (Lipinski definition) is 1. The SMILES string of the molecule is Cc1ccc(CNC(=O)[C@@H]2C[C@@H]2c2ccc(Cl)cc2)cn1. The van der Waals surface area contributed by atoms with Gasteiger partial charge in [-0.1, -0.05) is 29.8 Å². The molecule has 1 aliphatic carbocycles. The molecule has 4 heteroatoms. The van der Waals surface area contributed by atoms with E-state index in [0.29, 0.717) is 12.5 Å². The maximum absolute atomic E-state index is 12.1. The molecule has 0 saturated heterocycles. The first kappa shape index (κ1) is 14.1. The van der Waals surface area contributed by atoms with E-state index in [2.05, 4.69) is 10.3 Å². The third-order valence-electron chi connectivity index (χ3n) is 3.86. The molecule has 1 aromatic carbocycles. The highest BCUT2D eigenvalue weighted by Gasteiger charge is 2.43. The number of rotatable bonds is 4. The number of aromatic nitrogens is 1. The Kier molecular flexibility index (Phi) is 3.93. The van der Waals surface area contributed by atoms with Crippen LogP contribution in [0.15, 0.2) is 42.6 Å². The smallest absolute Gasteiger partial charge is 0.224 e. The lowest BCUT2D eigenvalue weighted by molar-refractivity contribution is -0.122. The molecule has 1 N–H and O–H groups in total. The number of pyridine rings is 1. The van der Waals surface area contributed by atoms with Crippen LogP contribution in [0.1, 0.15) is 29.2 Å². The lowest BCUT2D eigenvalue weighted by Crippen LogP contribution is -2.24. The summed E-state index contributed by atoms with van der Waals surface area (Å²) in [6.45, 7) is 2.49. The van der Waals surface area contributed by atoms with Crippen LogP contribution < -0.4 is 5.32 Å². The lowest BCUT2D eigenvalue weighted by atomic mass is 10.1. The minimum absolute atomic E-state index is 0.0876. The third kappa shape index (κ3) is 3.42. The van der Waals surface area contributed by atoms with E-state index in [9.17, 15) is 4.79 Å². The fourth-order valence-electron chi connectivity index (χ4n) is 2.49. The summed E-state index contributed by atoms with van der Waals surface area (Å²) in [5, 5.41) is 3.72. The molecule has 108 valence electrons. The largest absolute Gasteiger partial charge is 0.352 e. The van der Waals surface area contributed by atoms with Gasteiger partial charge in [-0.05, 0) is 48.6 Å². The average molecular weight is 301 g/mol. The van der Waals surface area contributed by atoms with Gasteiger partial charge in [-0.2, -0.15) is 0 Å². The van der Waals surface area contributed by atoms with Crippen molar-refractivity contribution in [2.75, 3.05) is 0 Å². The standard InChI is InChI=1S/C17H17ClN2O/c1-11-2-3-12(9-19-11)10-20-17(21)16-8-15(16)13-4-6-14(18)7-5-13/h2-7,9,15-16H,8,10H2,1H3,(H,20,21)/t15-,16-/m1/s1. The fourth-order valence-corrected chi connectivity index (χ4v) is 2.61. The summed E-state index contributed by atoms with van der Waals surface area (Å²) in [4.78, 5) is 16.4. The maximum Gasteiger partial charge on any atom is 0.224 e. The van der Waals surface area contributed by atoms with Gasteiger partial charge < -0.3 is 5.32 Å². The van der Waals surface area contributed by atoms with Gasteiger partial charge in [-0.25, -0.2) is 0 Å². The van der Waals surface area contributed by atoms with E-state index in [-0.39, 0.29) is 11.8 Å². The van der Waals surface area contributed by atoms with Crippen LogP contribution in [0.2, 0.25) is 5.02 Å². The summed E-state index contributed by atoms with van der Waals surface area (Å²) >= 11 is 5.88. The molecule has 1 heterocycles. The second kappa shape index (κ2) is 5.86. The number of aryl methyl sites for hydroxylation is 1. The van der Waals surface area contributed by atoms with Crippen LogP contribution in [0.3, 0.4) is 0 Å². The number of carbonyl (C=O) groups excluding carboxylic acids is 1. The predicted octanol–water partition coefficient (Wildman–Crippen LogP) is 3.46. The number of halogens is 1. The molecule has 21 heavy (non-hydrogen) atoms. The molecule has 1 amide bonds. The Morgan fingerprint density at radius 1 is 1.29 bits per heavy atom. The molecule has 3 rings (SSSR count). The Morgan fingerprint density at radius 2 is 2.05 bits per heavy atom. The summed E-state index contributed by atoms with van der Waals surface area (Å²) in [5.41, 5.74) is 3.20. The van der Waals surface area contributed by atoms with E-state index in [4.69, 9.17) is 11.6 Å². The molecule has 1 aromatic heterocycles. The predicted molar refractivity (Wildman–Crippen MR) is 83.1 cm³/mol. The number of carbonyl (C=O) groups is 1. The number of nitrogens with one attached hydrogen (secondary N) is 1. The topological polar surface area (TPSA) is 42.0 Å². The molecular formula is C17H17ClN2O. The number of amides is 1. The van der Waals surface area contributed by atoms with Gasteiger partial charge in [0.1, 0.15) is 0 Å². The number of hydrogen-bond acceptors (Lipinski definition) is 2. The van der Waals surface area contributed by atoms with Gasteiger partial charge in [0.05, 0.1) is 0 Å². The van der Waals surface area contributed by atoms with Gasteiger partial charge in [-0.15, -0.1) is 0 Å². The Bertz CT molecular complexity index is 637. The zero-order chi connectivity index (χ0) is 14.8. The van der Waals surface area contributed by atoms with Crippen LogP contribution in [-0.2, 0) is 11.3 Å². The van der Waals surface area contributed by atoms with Gasteiger partial charge in [0, 0.05) is 29.4 Å². The van der Waals surface area contributed by atoms with Crippen molar-refractivity contribution in [2.24, 2.45) is 5.92 Å². The van der Waals surface area contributed by atoms with Crippen molar-refractivity contribution in [2.45, 2.75) is 25.8 Å². The van der Waals surface area contributed by atoms with Crippen LogP contribution in [-0.4, -0.2) is 10.9 Å². The molecule has 1 saturated carbocycles. The summed E-state index contributed by atoms with van der Waals surface area (Å²) < 4.78 is 0. The van der Waals surface area contributed by atoms with Gasteiger partial charge in [0.15, 0.2) is 0 Å². The van der Waals surface area contributed by atoms with E-state index in [1.807, 2.05) is 43.3 Å². The number of nitrogens with zero attached hydrogens (tertiary/aromatic N) is 1. The monoisotopic (exact) mass is 300 g/mol. The second-order valence-corrected chi connectivity index (χ2v) is 5.96. The van der Waals surface area contributed by atoms with Crippen LogP contribution >= 0.6 is 11.6 Å². The van der Waals surface area contributed by atoms with Crippen LogP contribution in [0.4, 0.5) is 0 Å². The molecule has 1 aliphatic rings. The summed E-state index contributed by atoms with van der Waals surface area (Å²) in [6, 6.07) is 11.7. The zero-order valence-electron chi connectivity index (χ0n) is 11.8. The van der Waals surface area contributed by atoms with Crippen molar-refractivity contribution in [1.29, 1.82) is 0 Å². The maximum atomic E-state index is 12.1. The molecule has 0 aliphatic heterocycles. The Labute approximate surface area is 129 Å². The van der Waals surface area contributed by atoms with E-state index in [0.717, 1.165) is 22.7 Å². The minimum atomic E-state index is 0.0876. The van der Waals surface area contributed by atoms with E-state index in [1.54, 1.807) is 6.20 Å². The fraction of sp³-hybridized carbons (Fsp3) is 0.294. The molecule has 0 bridgehead atoms. The van der Waals surface area contributed by atoms with Crippen LogP contribution in [0.5, 0.6) is 0 Å². The van der Waals surface area contributed by atoms with Crippen LogP contribution in [0, 0.1) is 12.8 Å². The normalized spacial score (nSPS) is 20.1. The molecule has 0 spiro atoms. The Hall–Kier alpha value is -1.87. The molecule has 0 unspecified atom stereocenters. The van der Waals surface area contributed by atoms with E-state index >= 15 is 0 Å². The Morgan fingerprint density at radius 3 is 2.71 bits per heavy atom. The third-order valence-corrected chi connectivity index (χ3v) is 4.12. The van der Waals surface area contributed by atoms with Crippen molar-refractivity contribution in [3.63, 3.8) is 0 Å². The van der Waals surface area contributed by atoms with Crippen molar-refractivity contribution < 1.29 is 4.79 Å². The molecule has 0 radical (unpaired) electrons. The molecule has 2 aromatic rings. The summed E-state index contributed by atoms with van der Waals surface area (Å²) in [5.74, 6) is 0.540. The number of benzene rings is 1. The van der Waals surface area contributed by atoms with Crippen molar-refractivity contribution in [1.82, 2.24) is 10.3 Å². The van der Waals surface area contributed by atoms with E-state index in [1.165, 1.54) is 5.56 Å². The Balaban J connectivity index is 1.53. The van der Waals surface area contributed by atoms with Crippen molar-refractivity contribution >= 4 is 17.5 Å². The highest BCUT2D eigenvalue weighted by atomic mass is 35.5. The molecule has 2 atom stereocenters. The van der Waals surface area contributed by atoms with Gasteiger partial charge in [0.2, 0.25) is 5.91 Å². The first-order valence-electron chi connectivity index (χ1n) is 7.08. The lowest BCUT2D eigenvalue weighted by Gasteiger charge is -2.05. The minimum Gasteiger partial charge on any atom is -0.352 e.